The molecule has 0 aliphatic rings. The zero-order valence-corrected chi connectivity index (χ0v) is 9.01. The van der Waals surface area contributed by atoms with Crippen LogP contribution in [0, 0.1) is 5.82 Å². The van der Waals surface area contributed by atoms with Crippen LogP contribution >= 0.6 is 11.3 Å². The predicted molar refractivity (Wildman–Crippen MR) is 58.7 cm³/mol. The van der Waals surface area contributed by atoms with E-state index in [-0.39, 0.29) is 5.82 Å². The van der Waals surface area contributed by atoms with Gasteiger partial charge < -0.3 is 5.32 Å². The molecule has 3 nitrogen and oxygen atoms in total. The first-order chi connectivity index (χ1) is 7.28. The van der Waals surface area contributed by atoms with Gasteiger partial charge in [-0.2, -0.15) is 0 Å². The minimum absolute atomic E-state index is 0.216. The number of nitrogens with one attached hydrogen (secondary N) is 1. The summed E-state index contributed by atoms with van der Waals surface area (Å²) in [4.78, 5) is 0. The van der Waals surface area contributed by atoms with E-state index in [1.165, 1.54) is 23.5 Å². The molecule has 0 saturated carbocycles. The number of anilines is 1. The number of benzene rings is 1. The second-order valence-corrected chi connectivity index (χ2v) is 4.12. The van der Waals surface area contributed by atoms with E-state index in [1.807, 2.05) is 7.05 Å². The topological polar surface area (TPSA) is 37.8 Å². The Bertz CT molecular complexity index is 438. The molecule has 0 aliphatic carbocycles. The van der Waals surface area contributed by atoms with Crippen LogP contribution in [0.3, 0.4) is 0 Å². The summed E-state index contributed by atoms with van der Waals surface area (Å²) in [6, 6.07) is 6.43. The average Bonchev–Trinajstić information content (AvgIpc) is 2.69. The summed E-state index contributed by atoms with van der Waals surface area (Å²) in [5.41, 5.74) is 1.04. The number of halogens is 1. The standard InChI is InChI=1S/C10H10FN3S/c1-12-10-14-13-9(15-10)6-7-2-4-8(11)5-3-7/h2-5H,6H2,1H3,(H,12,14). The second-order valence-electron chi connectivity index (χ2n) is 3.05. The van der Waals surface area contributed by atoms with E-state index in [0.717, 1.165) is 15.7 Å². The molecule has 1 aromatic heterocycles. The van der Waals surface area contributed by atoms with Gasteiger partial charge in [0.2, 0.25) is 5.13 Å². The van der Waals surface area contributed by atoms with Crippen molar-refractivity contribution < 1.29 is 4.39 Å². The van der Waals surface area contributed by atoms with E-state index in [2.05, 4.69) is 15.5 Å². The Hall–Kier alpha value is -1.49. The van der Waals surface area contributed by atoms with Gasteiger partial charge in [-0.25, -0.2) is 4.39 Å². The minimum atomic E-state index is -0.216. The molecular weight excluding hydrogens is 213 g/mol. The van der Waals surface area contributed by atoms with Crippen molar-refractivity contribution in [3.05, 3.63) is 40.7 Å². The highest BCUT2D eigenvalue weighted by Gasteiger charge is 2.03. The van der Waals surface area contributed by atoms with Gasteiger partial charge in [0.15, 0.2) is 0 Å². The van der Waals surface area contributed by atoms with E-state index in [0.29, 0.717) is 6.42 Å². The van der Waals surface area contributed by atoms with Crippen LogP contribution in [0.5, 0.6) is 0 Å². The molecule has 15 heavy (non-hydrogen) atoms. The van der Waals surface area contributed by atoms with Crippen LogP contribution in [0.25, 0.3) is 0 Å². The van der Waals surface area contributed by atoms with E-state index in [1.54, 1.807) is 12.1 Å². The molecular formula is C10H10FN3S. The predicted octanol–water partition coefficient (Wildman–Crippen LogP) is 2.31. The van der Waals surface area contributed by atoms with Crippen molar-refractivity contribution in [1.29, 1.82) is 0 Å². The van der Waals surface area contributed by atoms with Gasteiger partial charge in [-0.3, -0.25) is 0 Å². The highest BCUT2D eigenvalue weighted by Crippen LogP contribution is 2.17. The van der Waals surface area contributed by atoms with Crippen molar-refractivity contribution >= 4 is 16.5 Å². The molecule has 0 unspecified atom stereocenters. The smallest absolute Gasteiger partial charge is 0.205 e. The lowest BCUT2D eigenvalue weighted by molar-refractivity contribution is 0.627. The highest BCUT2D eigenvalue weighted by molar-refractivity contribution is 7.15. The number of hydrogen-bond acceptors (Lipinski definition) is 4. The molecule has 0 saturated heterocycles. The van der Waals surface area contributed by atoms with Crippen molar-refractivity contribution in [1.82, 2.24) is 10.2 Å². The first-order valence-corrected chi connectivity index (χ1v) is 5.34. The first-order valence-electron chi connectivity index (χ1n) is 4.52. The fourth-order valence-corrected chi connectivity index (χ4v) is 1.93. The van der Waals surface area contributed by atoms with E-state index < -0.39 is 0 Å². The molecule has 0 amide bonds. The van der Waals surface area contributed by atoms with Gasteiger partial charge in [0.1, 0.15) is 10.8 Å². The van der Waals surface area contributed by atoms with E-state index in [4.69, 9.17) is 0 Å². The van der Waals surface area contributed by atoms with Crippen LogP contribution in [-0.2, 0) is 6.42 Å². The normalized spacial score (nSPS) is 10.3. The van der Waals surface area contributed by atoms with Crippen molar-refractivity contribution in [2.45, 2.75) is 6.42 Å². The van der Waals surface area contributed by atoms with E-state index >= 15 is 0 Å². The van der Waals surface area contributed by atoms with Crippen molar-refractivity contribution in [2.24, 2.45) is 0 Å². The second kappa shape index (κ2) is 4.35. The lowest BCUT2D eigenvalue weighted by Crippen LogP contribution is -1.87. The van der Waals surface area contributed by atoms with Crippen LogP contribution in [0.15, 0.2) is 24.3 Å². The Labute approximate surface area is 91.0 Å². The van der Waals surface area contributed by atoms with Crippen LogP contribution < -0.4 is 5.32 Å². The summed E-state index contributed by atoms with van der Waals surface area (Å²) in [5.74, 6) is -0.216. The zero-order chi connectivity index (χ0) is 10.7. The van der Waals surface area contributed by atoms with Gasteiger partial charge in [-0.15, -0.1) is 10.2 Å². The molecule has 5 heteroatoms. The molecule has 0 bridgehead atoms. The Kier molecular flexibility index (Phi) is 2.91. The van der Waals surface area contributed by atoms with Gasteiger partial charge >= 0.3 is 0 Å². The molecule has 0 atom stereocenters. The molecule has 1 aromatic carbocycles. The lowest BCUT2D eigenvalue weighted by atomic mass is 10.2. The fraction of sp³-hybridized carbons (Fsp3) is 0.200. The summed E-state index contributed by atoms with van der Waals surface area (Å²) < 4.78 is 12.6. The van der Waals surface area contributed by atoms with Gasteiger partial charge in [0, 0.05) is 13.5 Å². The van der Waals surface area contributed by atoms with Crippen LogP contribution in [-0.4, -0.2) is 17.2 Å². The highest BCUT2D eigenvalue weighted by atomic mass is 32.1. The maximum Gasteiger partial charge on any atom is 0.205 e. The summed E-state index contributed by atoms with van der Waals surface area (Å²) >= 11 is 1.50. The largest absolute Gasteiger partial charge is 0.363 e. The third-order valence-electron chi connectivity index (χ3n) is 1.95. The zero-order valence-electron chi connectivity index (χ0n) is 8.20. The number of hydrogen-bond donors (Lipinski definition) is 1. The molecule has 0 fully saturated rings. The molecule has 0 spiro atoms. The lowest BCUT2D eigenvalue weighted by Gasteiger charge is -1.96. The van der Waals surface area contributed by atoms with Crippen molar-refractivity contribution in [3.8, 4) is 0 Å². The molecule has 1 N–H and O–H groups in total. The Balaban J connectivity index is 2.11. The SMILES string of the molecule is CNc1nnc(Cc2ccc(F)cc2)s1. The minimum Gasteiger partial charge on any atom is -0.363 e. The quantitative estimate of drug-likeness (QED) is 0.867. The number of nitrogens with zero attached hydrogens (tertiary/aromatic N) is 2. The maximum absolute atomic E-state index is 12.6. The van der Waals surface area contributed by atoms with Crippen molar-refractivity contribution in [2.75, 3.05) is 12.4 Å². The Morgan fingerprint density at radius 3 is 2.60 bits per heavy atom. The third-order valence-corrected chi connectivity index (χ3v) is 2.89. The molecule has 1 heterocycles. The molecule has 2 aromatic rings. The van der Waals surface area contributed by atoms with Crippen LogP contribution in [0.4, 0.5) is 9.52 Å². The third kappa shape index (κ3) is 2.50. The number of rotatable bonds is 3. The summed E-state index contributed by atoms with van der Waals surface area (Å²) in [6.07, 6.45) is 0.694. The molecule has 2 rings (SSSR count). The maximum atomic E-state index is 12.6. The Morgan fingerprint density at radius 1 is 1.27 bits per heavy atom. The van der Waals surface area contributed by atoms with Crippen molar-refractivity contribution in [3.63, 3.8) is 0 Å². The first kappa shape index (κ1) is 10.0. The molecule has 0 radical (unpaired) electrons. The number of aromatic nitrogens is 2. The Morgan fingerprint density at radius 2 is 2.00 bits per heavy atom. The molecule has 0 aliphatic heterocycles. The molecule has 78 valence electrons. The van der Waals surface area contributed by atoms with Gasteiger partial charge in [-0.05, 0) is 17.7 Å². The average molecular weight is 223 g/mol. The fourth-order valence-electron chi connectivity index (χ4n) is 1.20. The van der Waals surface area contributed by atoms with Gasteiger partial charge in [0.25, 0.3) is 0 Å². The summed E-state index contributed by atoms with van der Waals surface area (Å²) in [5, 5.41) is 12.6. The van der Waals surface area contributed by atoms with Crippen LogP contribution in [0.1, 0.15) is 10.6 Å². The summed E-state index contributed by atoms with van der Waals surface area (Å²) in [6.45, 7) is 0. The summed E-state index contributed by atoms with van der Waals surface area (Å²) in [7, 11) is 1.81. The van der Waals surface area contributed by atoms with E-state index in [9.17, 15) is 4.39 Å². The monoisotopic (exact) mass is 223 g/mol. The van der Waals surface area contributed by atoms with Crippen LogP contribution in [0.2, 0.25) is 0 Å². The van der Waals surface area contributed by atoms with Gasteiger partial charge in [0.05, 0.1) is 0 Å². The van der Waals surface area contributed by atoms with Gasteiger partial charge in [-0.1, -0.05) is 23.5 Å².